The summed E-state index contributed by atoms with van der Waals surface area (Å²) in [7, 11) is 1.48. The first-order valence-electron chi connectivity index (χ1n) is 11.5. The van der Waals surface area contributed by atoms with Crippen LogP contribution in [0.2, 0.25) is 0 Å². The molecule has 38 heavy (non-hydrogen) atoms. The smallest absolute Gasteiger partial charge is 0.383 e. The Morgan fingerprint density at radius 1 is 1.16 bits per heavy atom. The summed E-state index contributed by atoms with van der Waals surface area (Å²) in [5, 5.41) is 10.2. The van der Waals surface area contributed by atoms with Gasteiger partial charge in [-0.3, -0.25) is 29.5 Å². The largest absolute Gasteiger partial charge is 0.497 e. The molecule has 0 saturated carbocycles. The highest BCUT2D eigenvalue weighted by molar-refractivity contribution is 6.02. The molecule has 0 unspecified atom stereocenters. The Morgan fingerprint density at radius 2 is 1.89 bits per heavy atom. The lowest BCUT2D eigenvalue weighted by Gasteiger charge is -2.37. The van der Waals surface area contributed by atoms with E-state index in [0.29, 0.717) is 28.0 Å². The minimum absolute atomic E-state index is 0.0789. The maximum absolute atomic E-state index is 13.6. The molecular weight excluding hydrogens is 498 g/mol. The van der Waals surface area contributed by atoms with E-state index in [4.69, 9.17) is 35.8 Å². The Kier molecular flexibility index (Phi) is 8.53. The van der Waals surface area contributed by atoms with E-state index in [1.165, 1.54) is 25.3 Å². The van der Waals surface area contributed by atoms with Crippen LogP contribution >= 0.6 is 0 Å². The standard InChI is InChI=1S/C25H29N5O8/c1-4-37-25(38-14(2)31,30-12-17-9-18(35-3)7-8-19(17)23(30)33)24(34)29-11-16-6-5-15(22(27)28)10-20(16)36-13-21(26)32/h5-10H,4,11-13H2,1-3H3,(H2,26,32)(H3,27,28)(H,29,34)/t25-/m0/s1. The Bertz CT molecular complexity index is 1280. The Labute approximate surface area is 218 Å². The molecule has 13 nitrogen and oxygen atoms in total. The predicted octanol–water partition coefficient (Wildman–Crippen LogP) is 0.369. The van der Waals surface area contributed by atoms with Crippen LogP contribution in [0, 0.1) is 5.41 Å². The molecule has 1 aliphatic heterocycles. The fourth-order valence-electron chi connectivity index (χ4n) is 3.89. The van der Waals surface area contributed by atoms with Crippen LogP contribution in [-0.4, -0.2) is 60.7 Å². The molecule has 0 spiro atoms. The second-order valence-corrected chi connectivity index (χ2v) is 8.20. The number of nitrogen functional groups attached to an aromatic ring is 1. The van der Waals surface area contributed by atoms with E-state index >= 15 is 0 Å². The van der Waals surface area contributed by atoms with Gasteiger partial charge >= 0.3 is 17.8 Å². The van der Waals surface area contributed by atoms with E-state index in [0.717, 1.165) is 11.8 Å². The number of esters is 1. The highest BCUT2D eigenvalue weighted by Crippen LogP contribution is 2.34. The van der Waals surface area contributed by atoms with Crippen molar-refractivity contribution < 1.29 is 38.1 Å². The summed E-state index contributed by atoms with van der Waals surface area (Å²) >= 11 is 0. The van der Waals surface area contributed by atoms with Crippen LogP contribution in [0.15, 0.2) is 36.4 Å². The quantitative estimate of drug-likeness (QED) is 0.130. The first kappa shape index (κ1) is 27.9. The molecule has 0 fully saturated rings. The number of rotatable bonds is 12. The number of primary amides is 1. The average Bonchev–Trinajstić information content (AvgIpc) is 3.21. The predicted molar refractivity (Wildman–Crippen MR) is 133 cm³/mol. The van der Waals surface area contributed by atoms with E-state index < -0.39 is 36.2 Å². The number of carbonyl (C=O) groups is 4. The number of methoxy groups -OCH3 is 1. The van der Waals surface area contributed by atoms with Crippen molar-refractivity contribution in [3.05, 3.63) is 58.7 Å². The number of hydrogen-bond acceptors (Lipinski definition) is 9. The summed E-state index contributed by atoms with van der Waals surface area (Å²) < 4.78 is 21.7. The lowest BCUT2D eigenvalue weighted by molar-refractivity contribution is -0.272. The van der Waals surface area contributed by atoms with E-state index in [-0.39, 0.29) is 31.3 Å². The minimum atomic E-state index is -2.42. The second-order valence-electron chi connectivity index (χ2n) is 8.20. The van der Waals surface area contributed by atoms with Crippen molar-refractivity contribution in [2.24, 2.45) is 11.5 Å². The number of amidine groups is 1. The molecule has 202 valence electrons. The van der Waals surface area contributed by atoms with Crippen molar-refractivity contribution in [3.8, 4) is 11.5 Å². The van der Waals surface area contributed by atoms with E-state index in [1.807, 2.05) is 0 Å². The fraction of sp³-hybridized carbons (Fsp3) is 0.320. The van der Waals surface area contributed by atoms with E-state index in [1.54, 1.807) is 25.1 Å². The summed E-state index contributed by atoms with van der Waals surface area (Å²) in [5.74, 6) is -5.11. The van der Waals surface area contributed by atoms with Crippen LogP contribution in [0.25, 0.3) is 0 Å². The molecule has 2 aromatic rings. The van der Waals surface area contributed by atoms with Crippen molar-refractivity contribution >= 4 is 29.5 Å². The van der Waals surface area contributed by atoms with Gasteiger partial charge < -0.3 is 35.7 Å². The maximum atomic E-state index is 13.6. The van der Waals surface area contributed by atoms with E-state index in [9.17, 15) is 19.2 Å². The van der Waals surface area contributed by atoms with Crippen molar-refractivity contribution in [3.63, 3.8) is 0 Å². The Hall–Kier alpha value is -4.65. The van der Waals surface area contributed by atoms with Gasteiger partial charge in [0.1, 0.15) is 17.3 Å². The number of ether oxygens (including phenoxy) is 4. The zero-order valence-corrected chi connectivity index (χ0v) is 21.2. The van der Waals surface area contributed by atoms with Crippen LogP contribution in [0.4, 0.5) is 0 Å². The molecule has 0 aliphatic carbocycles. The van der Waals surface area contributed by atoms with Gasteiger partial charge in [0.15, 0.2) is 6.61 Å². The normalized spacial score (nSPS) is 13.8. The Balaban J connectivity index is 1.94. The summed E-state index contributed by atoms with van der Waals surface area (Å²) in [6.07, 6.45) is 0. The lowest BCUT2D eigenvalue weighted by atomic mass is 10.1. The summed E-state index contributed by atoms with van der Waals surface area (Å²) in [6, 6.07) is 9.28. The molecule has 0 saturated heterocycles. The number of carbonyl (C=O) groups excluding carboxylic acids is 4. The van der Waals surface area contributed by atoms with Crippen molar-refractivity contribution in [2.45, 2.75) is 32.8 Å². The minimum Gasteiger partial charge on any atom is -0.497 e. The van der Waals surface area contributed by atoms with Gasteiger partial charge in [-0.15, -0.1) is 0 Å². The molecule has 1 atom stereocenters. The fourth-order valence-corrected chi connectivity index (χ4v) is 3.89. The molecule has 13 heteroatoms. The zero-order chi connectivity index (χ0) is 28.0. The van der Waals surface area contributed by atoms with Crippen LogP contribution in [0.3, 0.4) is 0 Å². The van der Waals surface area contributed by atoms with Gasteiger partial charge in [-0.25, -0.2) is 0 Å². The number of fused-ring (bicyclic) bond motifs is 1. The van der Waals surface area contributed by atoms with Crippen LogP contribution < -0.4 is 26.3 Å². The highest BCUT2D eigenvalue weighted by Gasteiger charge is 2.54. The van der Waals surface area contributed by atoms with Crippen LogP contribution in [0.1, 0.15) is 40.9 Å². The average molecular weight is 528 g/mol. The number of nitrogens with two attached hydrogens (primary N) is 2. The summed E-state index contributed by atoms with van der Waals surface area (Å²) in [5.41, 5.74) is 12.3. The van der Waals surface area contributed by atoms with Crippen molar-refractivity contribution in [2.75, 3.05) is 20.3 Å². The SMILES string of the molecule is CCO[C@](OC(C)=O)(C(=O)NCc1ccc(C(=N)N)cc1OCC(N)=O)N1Cc2cc(OC)ccc2C1=O. The number of amides is 3. The van der Waals surface area contributed by atoms with E-state index in [2.05, 4.69) is 5.32 Å². The maximum Gasteiger partial charge on any atom is 0.383 e. The van der Waals surface area contributed by atoms with Crippen LogP contribution in [0.5, 0.6) is 11.5 Å². The van der Waals surface area contributed by atoms with Gasteiger partial charge in [-0.05, 0) is 36.8 Å². The Morgan fingerprint density at radius 3 is 2.50 bits per heavy atom. The molecule has 0 bridgehead atoms. The third kappa shape index (κ3) is 5.83. The van der Waals surface area contributed by atoms with Gasteiger partial charge in [0.25, 0.3) is 11.8 Å². The monoisotopic (exact) mass is 527 g/mol. The number of benzene rings is 2. The molecule has 0 radical (unpaired) electrons. The summed E-state index contributed by atoms with van der Waals surface area (Å²) in [4.78, 5) is 51.3. The third-order valence-electron chi connectivity index (χ3n) is 5.57. The molecule has 2 aromatic carbocycles. The highest BCUT2D eigenvalue weighted by atomic mass is 16.7. The molecule has 1 heterocycles. The van der Waals surface area contributed by atoms with Crippen LogP contribution in [-0.2, 0) is 36.9 Å². The summed E-state index contributed by atoms with van der Waals surface area (Å²) in [6.45, 7) is 1.86. The third-order valence-corrected chi connectivity index (χ3v) is 5.57. The van der Waals surface area contributed by atoms with Crippen molar-refractivity contribution in [1.82, 2.24) is 10.2 Å². The lowest BCUT2D eigenvalue weighted by Crippen LogP contribution is -2.63. The molecular formula is C25H29N5O8. The molecule has 3 rings (SSSR count). The van der Waals surface area contributed by atoms with Gasteiger partial charge in [0.2, 0.25) is 0 Å². The molecule has 6 N–H and O–H groups in total. The molecule has 3 amide bonds. The molecule has 1 aliphatic rings. The number of nitrogens with zero attached hydrogens (tertiary/aromatic N) is 1. The number of hydrogen-bond donors (Lipinski definition) is 4. The second kappa shape index (κ2) is 11.6. The van der Waals surface area contributed by atoms with Gasteiger partial charge in [0, 0.05) is 30.2 Å². The van der Waals surface area contributed by atoms with Gasteiger partial charge in [-0.1, -0.05) is 12.1 Å². The topological polar surface area (TPSA) is 196 Å². The first-order valence-corrected chi connectivity index (χ1v) is 11.5. The van der Waals surface area contributed by atoms with Crippen molar-refractivity contribution in [1.29, 1.82) is 5.41 Å². The first-order chi connectivity index (χ1) is 18.0. The zero-order valence-electron chi connectivity index (χ0n) is 21.2. The van der Waals surface area contributed by atoms with Gasteiger partial charge in [-0.2, -0.15) is 0 Å². The number of nitrogens with one attached hydrogen (secondary N) is 2. The van der Waals surface area contributed by atoms with Gasteiger partial charge in [0.05, 0.1) is 20.3 Å². The molecule has 0 aromatic heterocycles.